The van der Waals surface area contributed by atoms with E-state index in [-0.39, 0.29) is 5.91 Å². The van der Waals surface area contributed by atoms with Crippen molar-refractivity contribution in [2.24, 2.45) is 5.10 Å². The SMILES string of the molecule is CCOc1ccc(/C=N\NC(=O)c2ccc(-c3csc(Nc4ccccc4)n3)cc2)cc1Cl. The van der Waals surface area contributed by atoms with Crippen molar-refractivity contribution in [2.75, 3.05) is 11.9 Å². The fourth-order valence-corrected chi connectivity index (χ4v) is 3.98. The molecule has 0 spiro atoms. The summed E-state index contributed by atoms with van der Waals surface area (Å²) in [5, 5.41) is 10.6. The van der Waals surface area contributed by atoms with Crippen LogP contribution in [-0.2, 0) is 0 Å². The third-order valence-electron chi connectivity index (χ3n) is 4.61. The maximum atomic E-state index is 12.4. The minimum absolute atomic E-state index is 0.306. The Morgan fingerprint density at radius 2 is 1.91 bits per heavy atom. The predicted octanol–water partition coefficient (Wildman–Crippen LogP) is 6.37. The van der Waals surface area contributed by atoms with Gasteiger partial charge in [0.25, 0.3) is 5.91 Å². The van der Waals surface area contributed by atoms with Gasteiger partial charge in [0, 0.05) is 22.2 Å². The van der Waals surface area contributed by atoms with E-state index in [0.717, 1.165) is 27.6 Å². The van der Waals surface area contributed by atoms with E-state index >= 15 is 0 Å². The monoisotopic (exact) mass is 476 g/mol. The van der Waals surface area contributed by atoms with Crippen molar-refractivity contribution in [1.29, 1.82) is 0 Å². The average molecular weight is 477 g/mol. The van der Waals surface area contributed by atoms with Gasteiger partial charge in [0.15, 0.2) is 5.13 Å². The van der Waals surface area contributed by atoms with Crippen LogP contribution in [0.3, 0.4) is 0 Å². The number of amides is 1. The van der Waals surface area contributed by atoms with Crippen molar-refractivity contribution < 1.29 is 9.53 Å². The Hall–Kier alpha value is -3.68. The molecule has 0 atom stereocenters. The van der Waals surface area contributed by atoms with Gasteiger partial charge < -0.3 is 10.1 Å². The van der Waals surface area contributed by atoms with Gasteiger partial charge in [-0.2, -0.15) is 5.10 Å². The number of rotatable bonds is 8. The van der Waals surface area contributed by atoms with E-state index in [9.17, 15) is 4.79 Å². The standard InChI is InChI=1S/C25H21ClN4O2S/c1-2-32-23-13-8-17(14-21(23)26)15-27-30-24(31)19-11-9-18(10-12-19)22-16-33-25(29-22)28-20-6-4-3-5-7-20/h3-16H,2H2,1H3,(H,28,29)(H,30,31)/b27-15-. The van der Waals surface area contributed by atoms with E-state index in [4.69, 9.17) is 16.3 Å². The Morgan fingerprint density at radius 3 is 2.64 bits per heavy atom. The number of benzene rings is 3. The highest BCUT2D eigenvalue weighted by atomic mass is 35.5. The lowest BCUT2D eigenvalue weighted by Gasteiger charge is -2.05. The Labute approximate surface area is 200 Å². The molecule has 2 N–H and O–H groups in total. The van der Waals surface area contributed by atoms with Gasteiger partial charge in [0.1, 0.15) is 5.75 Å². The molecule has 6 nitrogen and oxygen atoms in total. The van der Waals surface area contributed by atoms with E-state index in [1.54, 1.807) is 24.3 Å². The van der Waals surface area contributed by atoms with E-state index in [0.29, 0.717) is 22.9 Å². The van der Waals surface area contributed by atoms with Crippen molar-refractivity contribution in [2.45, 2.75) is 6.92 Å². The molecular formula is C25H21ClN4O2S. The number of nitrogens with one attached hydrogen (secondary N) is 2. The number of hydrogen-bond donors (Lipinski definition) is 2. The lowest BCUT2D eigenvalue weighted by molar-refractivity contribution is 0.0955. The number of hydrazone groups is 1. The number of hydrogen-bond acceptors (Lipinski definition) is 6. The molecular weight excluding hydrogens is 456 g/mol. The van der Waals surface area contributed by atoms with Gasteiger partial charge in [-0.05, 0) is 55.0 Å². The molecule has 0 saturated heterocycles. The largest absolute Gasteiger partial charge is 0.492 e. The van der Waals surface area contributed by atoms with Gasteiger partial charge in [0.05, 0.1) is 23.5 Å². The normalized spacial score (nSPS) is 10.8. The highest BCUT2D eigenvalue weighted by molar-refractivity contribution is 7.14. The molecule has 4 aromatic rings. The second-order valence-corrected chi connectivity index (χ2v) is 8.19. The fourth-order valence-electron chi connectivity index (χ4n) is 3.00. The number of thiazole rings is 1. The van der Waals surface area contributed by atoms with Crippen molar-refractivity contribution >= 4 is 45.9 Å². The summed E-state index contributed by atoms with van der Waals surface area (Å²) in [4.78, 5) is 17.0. The van der Waals surface area contributed by atoms with E-state index in [1.165, 1.54) is 17.6 Å². The van der Waals surface area contributed by atoms with Crippen molar-refractivity contribution in [3.63, 3.8) is 0 Å². The molecule has 8 heteroatoms. The summed E-state index contributed by atoms with van der Waals surface area (Å²) in [6, 6.07) is 22.4. The molecule has 0 aliphatic rings. The molecule has 166 valence electrons. The van der Waals surface area contributed by atoms with Gasteiger partial charge in [-0.1, -0.05) is 41.9 Å². The number of para-hydroxylation sites is 1. The molecule has 4 rings (SSSR count). The molecule has 1 amide bonds. The van der Waals surface area contributed by atoms with E-state index < -0.39 is 0 Å². The first-order chi connectivity index (χ1) is 16.1. The van der Waals surface area contributed by atoms with E-state index in [1.807, 2.05) is 60.8 Å². The van der Waals surface area contributed by atoms with Crippen LogP contribution in [0.15, 0.2) is 83.3 Å². The first-order valence-electron chi connectivity index (χ1n) is 10.3. The van der Waals surface area contributed by atoms with Crippen LogP contribution >= 0.6 is 22.9 Å². The molecule has 3 aromatic carbocycles. The van der Waals surface area contributed by atoms with Crippen molar-refractivity contribution in [1.82, 2.24) is 10.4 Å². The molecule has 0 bridgehead atoms. The molecule has 0 fully saturated rings. The second kappa shape index (κ2) is 10.8. The Bertz CT molecular complexity index is 1260. The van der Waals surface area contributed by atoms with Gasteiger partial charge in [-0.3, -0.25) is 4.79 Å². The topological polar surface area (TPSA) is 75.6 Å². The van der Waals surface area contributed by atoms with Crippen molar-refractivity contribution in [3.8, 4) is 17.0 Å². The quantitative estimate of drug-likeness (QED) is 0.229. The smallest absolute Gasteiger partial charge is 0.271 e. The predicted molar refractivity (Wildman–Crippen MR) is 135 cm³/mol. The molecule has 0 unspecified atom stereocenters. The van der Waals surface area contributed by atoms with Gasteiger partial charge in [0.2, 0.25) is 0 Å². The molecule has 0 aliphatic carbocycles. The molecule has 1 aromatic heterocycles. The lowest BCUT2D eigenvalue weighted by Crippen LogP contribution is -2.17. The molecule has 0 radical (unpaired) electrons. The fraction of sp³-hybridized carbons (Fsp3) is 0.0800. The number of aromatic nitrogens is 1. The molecule has 0 saturated carbocycles. The Kier molecular flexibility index (Phi) is 7.34. The highest BCUT2D eigenvalue weighted by Gasteiger charge is 2.08. The minimum atomic E-state index is -0.306. The van der Waals surface area contributed by atoms with Crippen LogP contribution < -0.4 is 15.5 Å². The van der Waals surface area contributed by atoms with Crippen LogP contribution in [0.25, 0.3) is 11.3 Å². The summed E-state index contributed by atoms with van der Waals surface area (Å²) in [5.74, 6) is 0.308. The number of carbonyl (C=O) groups is 1. The minimum Gasteiger partial charge on any atom is -0.492 e. The van der Waals surface area contributed by atoms with Crippen LogP contribution in [-0.4, -0.2) is 23.7 Å². The third-order valence-corrected chi connectivity index (χ3v) is 5.66. The van der Waals surface area contributed by atoms with Crippen LogP contribution in [0.5, 0.6) is 5.75 Å². The maximum Gasteiger partial charge on any atom is 0.271 e. The summed E-state index contributed by atoms with van der Waals surface area (Å²) in [6.07, 6.45) is 1.53. The summed E-state index contributed by atoms with van der Waals surface area (Å²) >= 11 is 7.70. The zero-order valence-corrected chi connectivity index (χ0v) is 19.4. The van der Waals surface area contributed by atoms with Gasteiger partial charge in [-0.25, -0.2) is 10.4 Å². The number of nitrogens with zero attached hydrogens (tertiary/aromatic N) is 2. The van der Waals surface area contributed by atoms with Crippen LogP contribution in [0.1, 0.15) is 22.8 Å². The van der Waals surface area contributed by atoms with Crippen molar-refractivity contribution in [3.05, 3.63) is 94.3 Å². The Balaban J connectivity index is 1.35. The van der Waals surface area contributed by atoms with E-state index in [2.05, 4.69) is 20.8 Å². The van der Waals surface area contributed by atoms with Gasteiger partial charge in [-0.15, -0.1) is 11.3 Å². The first kappa shape index (κ1) is 22.5. The highest BCUT2D eigenvalue weighted by Crippen LogP contribution is 2.27. The number of halogens is 1. The first-order valence-corrected chi connectivity index (χ1v) is 11.5. The maximum absolute atomic E-state index is 12.4. The zero-order valence-electron chi connectivity index (χ0n) is 17.8. The van der Waals surface area contributed by atoms with Crippen LogP contribution in [0.2, 0.25) is 5.02 Å². The summed E-state index contributed by atoms with van der Waals surface area (Å²) in [7, 11) is 0. The second-order valence-electron chi connectivity index (χ2n) is 6.93. The summed E-state index contributed by atoms with van der Waals surface area (Å²) < 4.78 is 5.41. The lowest BCUT2D eigenvalue weighted by atomic mass is 10.1. The molecule has 33 heavy (non-hydrogen) atoms. The zero-order chi connectivity index (χ0) is 23.0. The number of ether oxygens (including phenoxy) is 1. The summed E-state index contributed by atoms with van der Waals surface area (Å²) in [6.45, 7) is 2.43. The molecule has 1 heterocycles. The summed E-state index contributed by atoms with van der Waals surface area (Å²) in [5.41, 5.74) is 6.54. The average Bonchev–Trinajstić information content (AvgIpc) is 3.30. The van der Waals surface area contributed by atoms with Crippen LogP contribution in [0.4, 0.5) is 10.8 Å². The Morgan fingerprint density at radius 1 is 1.12 bits per heavy atom. The number of anilines is 2. The van der Waals surface area contributed by atoms with Crippen LogP contribution in [0, 0.1) is 0 Å². The number of carbonyl (C=O) groups excluding carboxylic acids is 1. The van der Waals surface area contributed by atoms with Gasteiger partial charge >= 0.3 is 0 Å². The third kappa shape index (κ3) is 5.97. The molecule has 0 aliphatic heterocycles.